The Bertz CT molecular complexity index is 526. The molecule has 1 aromatic carbocycles. The molecule has 0 aromatic heterocycles. The third kappa shape index (κ3) is 2.81. The van der Waals surface area contributed by atoms with Gasteiger partial charge in [0.1, 0.15) is 0 Å². The van der Waals surface area contributed by atoms with Gasteiger partial charge in [-0.15, -0.1) is 0 Å². The third-order valence-electron chi connectivity index (χ3n) is 2.74. The quantitative estimate of drug-likeness (QED) is 0.904. The monoisotopic (exact) mass is 264 g/mol. The molecule has 0 saturated heterocycles. The van der Waals surface area contributed by atoms with Crippen LogP contribution in [0.25, 0.3) is 0 Å². The molecule has 0 amide bonds. The molecule has 1 N–H and O–H groups in total. The molecule has 1 aromatic rings. The number of rotatable bonds is 3. The summed E-state index contributed by atoms with van der Waals surface area (Å²) in [5.74, 6) is -2.27. The number of sulfone groups is 1. The molecule has 1 rings (SSSR count). The number of hydrogen-bond donors (Lipinski definition) is 1. The lowest BCUT2D eigenvalue weighted by atomic mass is 10.0. The minimum absolute atomic E-state index is 0.102. The maximum Gasteiger partial charge on any atom is 0.164 e. The molecule has 0 aliphatic rings. The fraction of sp³-hybridized carbons (Fsp3) is 0.455. The molecule has 3 nitrogen and oxygen atoms in total. The molecule has 0 aliphatic heterocycles. The molecule has 0 fully saturated rings. The fourth-order valence-electron chi connectivity index (χ4n) is 1.38. The van der Waals surface area contributed by atoms with Gasteiger partial charge in [0.2, 0.25) is 0 Å². The lowest BCUT2D eigenvalue weighted by Crippen LogP contribution is -2.25. The van der Waals surface area contributed by atoms with Crippen LogP contribution in [0.2, 0.25) is 0 Å². The molecule has 2 atom stereocenters. The van der Waals surface area contributed by atoms with Gasteiger partial charge in [0.15, 0.2) is 21.5 Å². The Balaban J connectivity index is 3.23. The van der Waals surface area contributed by atoms with Gasteiger partial charge < -0.3 is 5.11 Å². The van der Waals surface area contributed by atoms with Crippen LogP contribution in [-0.4, -0.2) is 25.0 Å². The maximum absolute atomic E-state index is 13.5. The van der Waals surface area contributed by atoms with Crippen molar-refractivity contribution >= 4 is 9.84 Å². The number of aliphatic hydroxyl groups excluding tert-OH is 1. The molecule has 0 heterocycles. The zero-order valence-electron chi connectivity index (χ0n) is 9.74. The number of halogens is 2. The van der Waals surface area contributed by atoms with Crippen LogP contribution in [0.1, 0.15) is 24.2 Å². The van der Waals surface area contributed by atoms with E-state index < -0.39 is 32.8 Å². The normalized spacial score (nSPS) is 15.6. The fourth-order valence-corrected chi connectivity index (χ4v) is 1.99. The summed E-state index contributed by atoms with van der Waals surface area (Å²) in [6, 6.07) is 2.49. The summed E-state index contributed by atoms with van der Waals surface area (Å²) >= 11 is 0. The molecule has 0 saturated carbocycles. The van der Waals surface area contributed by atoms with Gasteiger partial charge >= 0.3 is 0 Å². The third-order valence-corrected chi connectivity index (χ3v) is 4.35. The predicted octanol–water partition coefficient (Wildman–Crippen LogP) is 1.74. The maximum atomic E-state index is 13.5. The van der Waals surface area contributed by atoms with Gasteiger partial charge in [-0.25, -0.2) is 17.2 Å². The largest absolute Gasteiger partial charge is 0.387 e. The average Bonchev–Trinajstić information content (AvgIpc) is 2.23. The van der Waals surface area contributed by atoms with Gasteiger partial charge in [-0.2, -0.15) is 0 Å². The van der Waals surface area contributed by atoms with E-state index >= 15 is 0 Å². The first-order valence-electron chi connectivity index (χ1n) is 4.97. The van der Waals surface area contributed by atoms with E-state index in [1.165, 1.54) is 26.0 Å². The lowest BCUT2D eigenvalue weighted by Gasteiger charge is -2.18. The Morgan fingerprint density at radius 2 is 1.76 bits per heavy atom. The van der Waals surface area contributed by atoms with Crippen molar-refractivity contribution in [1.82, 2.24) is 0 Å². The van der Waals surface area contributed by atoms with Crippen LogP contribution in [-0.2, 0) is 9.84 Å². The topological polar surface area (TPSA) is 54.4 Å². The molecule has 96 valence electrons. The summed E-state index contributed by atoms with van der Waals surface area (Å²) in [7, 11) is -3.53. The number of aryl methyl sites for hydroxylation is 1. The highest BCUT2D eigenvalue weighted by Crippen LogP contribution is 2.26. The molecule has 2 unspecified atom stereocenters. The van der Waals surface area contributed by atoms with E-state index in [1.54, 1.807) is 0 Å². The summed E-state index contributed by atoms with van der Waals surface area (Å²) in [6.07, 6.45) is -0.649. The number of hydrogen-bond acceptors (Lipinski definition) is 3. The van der Waals surface area contributed by atoms with Crippen molar-refractivity contribution in [2.45, 2.75) is 25.2 Å². The van der Waals surface area contributed by atoms with E-state index in [-0.39, 0.29) is 11.1 Å². The highest BCUT2D eigenvalue weighted by molar-refractivity contribution is 7.91. The van der Waals surface area contributed by atoms with Crippen LogP contribution in [0.5, 0.6) is 0 Å². The Kier molecular flexibility index (Phi) is 3.88. The number of aliphatic hydroxyl groups is 1. The van der Waals surface area contributed by atoms with Crippen molar-refractivity contribution < 1.29 is 22.3 Å². The van der Waals surface area contributed by atoms with Crippen LogP contribution < -0.4 is 0 Å². The summed E-state index contributed by atoms with van der Waals surface area (Å²) in [5, 5.41) is 8.54. The summed E-state index contributed by atoms with van der Waals surface area (Å²) < 4.78 is 49.3. The lowest BCUT2D eigenvalue weighted by molar-refractivity contribution is 0.170. The summed E-state index contributed by atoms with van der Waals surface area (Å²) in [4.78, 5) is 0. The van der Waals surface area contributed by atoms with Crippen molar-refractivity contribution in [2.24, 2.45) is 0 Å². The van der Waals surface area contributed by atoms with Crippen molar-refractivity contribution in [1.29, 1.82) is 0 Å². The van der Waals surface area contributed by atoms with E-state index in [9.17, 15) is 22.3 Å². The Hall–Kier alpha value is -1.01. The van der Waals surface area contributed by atoms with Crippen molar-refractivity contribution in [3.8, 4) is 0 Å². The summed E-state index contributed by atoms with van der Waals surface area (Å²) in [5.41, 5.74) is -0.239. The second-order valence-electron chi connectivity index (χ2n) is 4.08. The van der Waals surface area contributed by atoms with Crippen LogP contribution in [0.15, 0.2) is 12.1 Å². The van der Waals surface area contributed by atoms with Crippen LogP contribution in [0.3, 0.4) is 0 Å². The number of benzene rings is 1. The minimum Gasteiger partial charge on any atom is -0.387 e. The van der Waals surface area contributed by atoms with Gasteiger partial charge in [-0.05, 0) is 19.4 Å². The highest BCUT2D eigenvalue weighted by atomic mass is 32.2. The molecule has 0 aliphatic carbocycles. The minimum atomic E-state index is -3.53. The van der Waals surface area contributed by atoms with E-state index in [2.05, 4.69) is 0 Å². The van der Waals surface area contributed by atoms with Gasteiger partial charge in [-0.3, -0.25) is 0 Å². The molecule has 17 heavy (non-hydrogen) atoms. The molecule has 6 heteroatoms. The van der Waals surface area contributed by atoms with E-state index in [0.29, 0.717) is 0 Å². The zero-order valence-corrected chi connectivity index (χ0v) is 10.6. The Labute approximate surface area is 99.0 Å². The van der Waals surface area contributed by atoms with Crippen molar-refractivity contribution in [2.75, 3.05) is 6.26 Å². The Morgan fingerprint density at radius 3 is 2.24 bits per heavy atom. The highest BCUT2D eigenvalue weighted by Gasteiger charge is 2.28. The van der Waals surface area contributed by atoms with Crippen LogP contribution in [0.4, 0.5) is 8.78 Å². The van der Waals surface area contributed by atoms with E-state index in [1.807, 2.05) is 0 Å². The second kappa shape index (κ2) is 4.70. The molecular formula is C11H14F2O3S. The van der Waals surface area contributed by atoms with E-state index in [4.69, 9.17) is 0 Å². The van der Waals surface area contributed by atoms with Gasteiger partial charge in [0.05, 0.1) is 11.4 Å². The van der Waals surface area contributed by atoms with Crippen LogP contribution in [0, 0.1) is 18.6 Å². The van der Waals surface area contributed by atoms with Crippen molar-refractivity contribution in [3.63, 3.8) is 0 Å². The molecule has 0 radical (unpaired) electrons. The standard InChI is InChI=1S/C11H14F2O3S/c1-6-4-5-8(10(13)9(6)12)11(14)7(2)17(3,15)16/h4-5,7,11,14H,1-3H3. The van der Waals surface area contributed by atoms with E-state index in [0.717, 1.165) is 6.26 Å². The smallest absolute Gasteiger partial charge is 0.164 e. The SMILES string of the molecule is Cc1ccc(C(O)C(C)S(C)(=O)=O)c(F)c1F. The first-order valence-corrected chi connectivity index (χ1v) is 6.93. The molecular weight excluding hydrogens is 250 g/mol. The van der Waals surface area contributed by atoms with Gasteiger partial charge in [0.25, 0.3) is 0 Å². The van der Waals surface area contributed by atoms with Gasteiger partial charge in [0, 0.05) is 11.8 Å². The van der Waals surface area contributed by atoms with Crippen LogP contribution >= 0.6 is 0 Å². The Morgan fingerprint density at radius 1 is 1.24 bits per heavy atom. The molecule has 0 bridgehead atoms. The van der Waals surface area contributed by atoms with Gasteiger partial charge in [-0.1, -0.05) is 12.1 Å². The predicted molar refractivity (Wildman–Crippen MR) is 60.4 cm³/mol. The van der Waals surface area contributed by atoms with Crippen molar-refractivity contribution in [3.05, 3.63) is 34.9 Å². The molecule has 0 spiro atoms. The second-order valence-corrected chi connectivity index (χ2v) is 6.48. The summed E-state index contributed by atoms with van der Waals surface area (Å²) in [6.45, 7) is 2.63. The first kappa shape index (κ1) is 14.1. The average molecular weight is 264 g/mol. The zero-order chi connectivity index (χ0) is 13.4. The first-order chi connectivity index (χ1) is 7.66.